The molecular formula is C23H29N5O3S. The fourth-order valence-electron chi connectivity index (χ4n) is 4.44. The second-order valence-electron chi connectivity index (χ2n) is 8.46. The number of aliphatic hydroxyl groups is 1. The summed E-state index contributed by atoms with van der Waals surface area (Å²) >= 11 is 1.49. The van der Waals surface area contributed by atoms with Crippen LogP contribution in [0.2, 0.25) is 0 Å². The lowest BCUT2D eigenvalue weighted by atomic mass is 9.93. The van der Waals surface area contributed by atoms with Gasteiger partial charge >= 0.3 is 0 Å². The Morgan fingerprint density at radius 2 is 1.94 bits per heavy atom. The number of fused-ring (bicyclic) bond motifs is 1. The molecule has 170 valence electrons. The van der Waals surface area contributed by atoms with Crippen molar-refractivity contribution in [2.24, 2.45) is 0 Å². The highest BCUT2D eigenvalue weighted by atomic mass is 32.1. The lowest BCUT2D eigenvalue weighted by Gasteiger charge is -2.32. The largest absolute Gasteiger partial charge is 0.488 e. The van der Waals surface area contributed by atoms with Gasteiger partial charge in [-0.1, -0.05) is 0 Å². The number of nitrogens with zero attached hydrogens (tertiary/aromatic N) is 4. The molecule has 9 heteroatoms. The number of morpholine rings is 1. The first-order valence-electron chi connectivity index (χ1n) is 11.3. The van der Waals surface area contributed by atoms with Crippen molar-refractivity contribution in [3.05, 3.63) is 40.6 Å². The molecule has 1 saturated heterocycles. The lowest BCUT2D eigenvalue weighted by Crippen LogP contribution is -2.38. The minimum atomic E-state index is -0.708. The van der Waals surface area contributed by atoms with Gasteiger partial charge in [-0.25, -0.2) is 9.97 Å². The molecule has 32 heavy (non-hydrogen) atoms. The Morgan fingerprint density at radius 3 is 2.69 bits per heavy atom. The van der Waals surface area contributed by atoms with Gasteiger partial charge in [-0.15, -0.1) is 11.3 Å². The Bertz CT molecular complexity index is 1050. The van der Waals surface area contributed by atoms with E-state index >= 15 is 0 Å². The first-order valence-corrected chi connectivity index (χ1v) is 12.1. The minimum Gasteiger partial charge on any atom is -0.488 e. The SMILES string of the molecule is Cc1csc(C(O)N[C@H]2CC[C@@H](Oc3cc(N4CCOCC4)cc4nccnc34)CC2)n1. The number of aryl methyl sites for hydroxylation is 1. The Labute approximate surface area is 191 Å². The van der Waals surface area contributed by atoms with Gasteiger partial charge in [-0.3, -0.25) is 10.3 Å². The summed E-state index contributed by atoms with van der Waals surface area (Å²) in [6, 6.07) is 4.44. The van der Waals surface area contributed by atoms with Crippen LogP contribution < -0.4 is 15.0 Å². The van der Waals surface area contributed by atoms with E-state index in [0.717, 1.165) is 85.2 Å². The molecule has 1 unspecified atom stereocenters. The third-order valence-corrected chi connectivity index (χ3v) is 7.15. The number of rotatable bonds is 6. The van der Waals surface area contributed by atoms with E-state index in [1.54, 1.807) is 12.4 Å². The molecule has 8 nitrogen and oxygen atoms in total. The van der Waals surface area contributed by atoms with E-state index in [4.69, 9.17) is 9.47 Å². The standard InChI is InChI=1S/C23H29N5O3S/c1-15-14-32-23(26-15)22(29)27-16-2-4-18(5-3-16)31-20-13-17(28-8-10-30-11-9-28)12-19-21(20)25-7-6-24-19/h6-7,12-14,16,18,22,27,29H,2-5,8-11H2,1H3/t16-,18+,22?. The molecule has 5 rings (SSSR count). The van der Waals surface area contributed by atoms with Crippen LogP contribution in [-0.2, 0) is 4.74 Å². The average molecular weight is 456 g/mol. The van der Waals surface area contributed by atoms with Gasteiger partial charge in [0, 0.05) is 54.4 Å². The molecule has 1 atom stereocenters. The first kappa shape index (κ1) is 21.5. The number of hydrogen-bond acceptors (Lipinski definition) is 9. The summed E-state index contributed by atoms with van der Waals surface area (Å²) in [4.78, 5) is 15.8. The van der Waals surface area contributed by atoms with Crippen LogP contribution in [0.15, 0.2) is 29.9 Å². The van der Waals surface area contributed by atoms with Gasteiger partial charge in [0.15, 0.2) is 6.23 Å². The molecule has 0 amide bonds. The van der Waals surface area contributed by atoms with E-state index < -0.39 is 6.23 Å². The van der Waals surface area contributed by atoms with E-state index in [1.807, 2.05) is 12.3 Å². The summed E-state index contributed by atoms with van der Waals surface area (Å²) in [6.45, 7) is 5.14. The van der Waals surface area contributed by atoms with Gasteiger partial charge in [0.25, 0.3) is 0 Å². The van der Waals surface area contributed by atoms with Crippen molar-refractivity contribution >= 4 is 28.1 Å². The molecule has 0 bridgehead atoms. The van der Waals surface area contributed by atoms with Crippen molar-refractivity contribution in [1.82, 2.24) is 20.3 Å². The van der Waals surface area contributed by atoms with Crippen molar-refractivity contribution < 1.29 is 14.6 Å². The number of benzene rings is 1. The summed E-state index contributed by atoms with van der Waals surface area (Å²) in [7, 11) is 0. The second-order valence-corrected chi connectivity index (χ2v) is 9.34. The molecule has 3 heterocycles. The predicted molar refractivity (Wildman–Crippen MR) is 124 cm³/mol. The summed E-state index contributed by atoms with van der Waals surface area (Å²) < 4.78 is 12.0. The van der Waals surface area contributed by atoms with Crippen LogP contribution >= 0.6 is 11.3 Å². The smallest absolute Gasteiger partial charge is 0.157 e. The molecule has 2 aromatic heterocycles. The third-order valence-electron chi connectivity index (χ3n) is 6.13. The summed E-state index contributed by atoms with van der Waals surface area (Å²) in [5.41, 5.74) is 3.70. The molecule has 1 aliphatic carbocycles. The van der Waals surface area contributed by atoms with Gasteiger partial charge in [-0.05, 0) is 38.7 Å². The van der Waals surface area contributed by atoms with Gasteiger partial charge < -0.3 is 19.5 Å². The fourth-order valence-corrected chi connectivity index (χ4v) is 5.18. The number of hydrogen-bond donors (Lipinski definition) is 2. The molecular weight excluding hydrogens is 426 g/mol. The quantitative estimate of drug-likeness (QED) is 0.548. The number of aromatic nitrogens is 3. The molecule has 0 radical (unpaired) electrons. The van der Waals surface area contributed by atoms with Crippen LogP contribution in [0.1, 0.15) is 42.6 Å². The molecule has 1 aliphatic heterocycles. The maximum absolute atomic E-state index is 10.4. The van der Waals surface area contributed by atoms with Crippen LogP contribution in [0.3, 0.4) is 0 Å². The fraction of sp³-hybridized carbons (Fsp3) is 0.522. The van der Waals surface area contributed by atoms with Crippen LogP contribution in [0.5, 0.6) is 5.75 Å². The number of aliphatic hydroxyl groups excluding tert-OH is 1. The molecule has 2 N–H and O–H groups in total. The van der Waals surface area contributed by atoms with Crippen molar-refractivity contribution in [3.8, 4) is 5.75 Å². The van der Waals surface area contributed by atoms with Gasteiger partial charge in [0.1, 0.15) is 16.3 Å². The van der Waals surface area contributed by atoms with Crippen molar-refractivity contribution in [2.75, 3.05) is 31.2 Å². The average Bonchev–Trinajstić information content (AvgIpc) is 3.27. The van der Waals surface area contributed by atoms with E-state index in [2.05, 4.69) is 37.3 Å². The highest BCUT2D eigenvalue weighted by Crippen LogP contribution is 2.33. The Kier molecular flexibility index (Phi) is 6.49. The highest BCUT2D eigenvalue weighted by Gasteiger charge is 2.26. The zero-order chi connectivity index (χ0) is 21.9. The highest BCUT2D eigenvalue weighted by molar-refractivity contribution is 7.09. The Balaban J connectivity index is 1.25. The molecule has 2 fully saturated rings. The second kappa shape index (κ2) is 9.66. The topological polar surface area (TPSA) is 92.6 Å². The lowest BCUT2D eigenvalue weighted by molar-refractivity contribution is 0.0889. The van der Waals surface area contributed by atoms with E-state index in [9.17, 15) is 5.11 Å². The first-order chi connectivity index (χ1) is 15.7. The van der Waals surface area contributed by atoms with E-state index in [1.165, 1.54) is 11.3 Å². The van der Waals surface area contributed by atoms with Crippen LogP contribution in [0.4, 0.5) is 5.69 Å². The maximum Gasteiger partial charge on any atom is 0.157 e. The zero-order valence-corrected chi connectivity index (χ0v) is 19.1. The van der Waals surface area contributed by atoms with Crippen molar-refractivity contribution in [1.29, 1.82) is 0 Å². The van der Waals surface area contributed by atoms with Crippen LogP contribution in [0, 0.1) is 6.92 Å². The van der Waals surface area contributed by atoms with E-state index in [-0.39, 0.29) is 12.1 Å². The minimum absolute atomic E-state index is 0.123. The molecule has 0 spiro atoms. The van der Waals surface area contributed by atoms with Crippen molar-refractivity contribution in [3.63, 3.8) is 0 Å². The Hall–Kier alpha value is -2.33. The van der Waals surface area contributed by atoms with Gasteiger partial charge in [-0.2, -0.15) is 0 Å². The van der Waals surface area contributed by atoms with Crippen LogP contribution in [0.25, 0.3) is 11.0 Å². The summed E-state index contributed by atoms with van der Waals surface area (Å²) in [5.74, 6) is 0.798. The van der Waals surface area contributed by atoms with Gasteiger partial charge in [0.05, 0.1) is 24.8 Å². The summed E-state index contributed by atoms with van der Waals surface area (Å²) in [6.07, 6.45) is 6.58. The Morgan fingerprint density at radius 1 is 1.16 bits per heavy atom. The van der Waals surface area contributed by atoms with Crippen LogP contribution in [-0.4, -0.2) is 58.5 Å². The van der Waals surface area contributed by atoms with Crippen molar-refractivity contribution in [2.45, 2.75) is 51.0 Å². The third kappa shape index (κ3) is 4.85. The maximum atomic E-state index is 10.4. The van der Waals surface area contributed by atoms with E-state index in [0.29, 0.717) is 0 Å². The zero-order valence-electron chi connectivity index (χ0n) is 18.2. The molecule has 1 aromatic carbocycles. The molecule has 3 aromatic rings. The number of nitrogens with one attached hydrogen (secondary N) is 1. The predicted octanol–water partition coefficient (Wildman–Crippen LogP) is 3.20. The van der Waals surface area contributed by atoms with Gasteiger partial charge in [0.2, 0.25) is 0 Å². The normalized spacial score (nSPS) is 22.8. The molecule has 2 aliphatic rings. The summed E-state index contributed by atoms with van der Waals surface area (Å²) in [5, 5.41) is 16.4. The number of thiazole rings is 1. The number of ether oxygens (including phenoxy) is 2. The molecule has 1 saturated carbocycles. The number of anilines is 1. The monoisotopic (exact) mass is 455 g/mol.